The summed E-state index contributed by atoms with van der Waals surface area (Å²) in [6.07, 6.45) is 4.99. The van der Waals surface area contributed by atoms with E-state index in [0.29, 0.717) is 17.9 Å². The van der Waals surface area contributed by atoms with Gasteiger partial charge in [-0.2, -0.15) is 5.10 Å². The maximum Gasteiger partial charge on any atom is 0.157 e. The molecule has 0 unspecified atom stereocenters. The van der Waals surface area contributed by atoms with E-state index >= 15 is 0 Å². The van der Waals surface area contributed by atoms with Gasteiger partial charge in [0.25, 0.3) is 0 Å². The Bertz CT molecular complexity index is 822. The molecule has 1 aliphatic rings. The number of halogens is 1. The van der Waals surface area contributed by atoms with Crippen molar-refractivity contribution >= 4 is 23.1 Å². The molecule has 0 bridgehead atoms. The molecule has 118 valence electrons. The zero-order valence-electron chi connectivity index (χ0n) is 12.6. The van der Waals surface area contributed by atoms with Gasteiger partial charge in [0.1, 0.15) is 5.82 Å². The number of rotatable bonds is 2. The van der Waals surface area contributed by atoms with Gasteiger partial charge in [-0.25, -0.2) is 9.50 Å². The van der Waals surface area contributed by atoms with Crippen LogP contribution in [-0.2, 0) is 5.60 Å². The van der Waals surface area contributed by atoms with Crippen LogP contribution in [0.5, 0.6) is 0 Å². The van der Waals surface area contributed by atoms with Crippen LogP contribution in [0.4, 0.5) is 5.82 Å². The highest BCUT2D eigenvalue weighted by Gasteiger charge is 2.34. The third-order valence-electron chi connectivity index (χ3n) is 4.54. The number of benzene rings is 1. The Balaban J connectivity index is 1.52. The summed E-state index contributed by atoms with van der Waals surface area (Å²) in [5, 5.41) is 15.8. The van der Waals surface area contributed by atoms with Crippen LogP contribution in [0.15, 0.2) is 48.8 Å². The summed E-state index contributed by atoms with van der Waals surface area (Å²) in [5.74, 6) is 0.927. The van der Waals surface area contributed by atoms with Crippen LogP contribution in [-0.4, -0.2) is 32.8 Å². The van der Waals surface area contributed by atoms with Gasteiger partial charge < -0.3 is 10.0 Å². The van der Waals surface area contributed by atoms with E-state index in [0.717, 1.165) is 30.1 Å². The number of aliphatic hydroxyl groups is 1. The highest BCUT2D eigenvalue weighted by molar-refractivity contribution is 6.30. The average Bonchev–Trinajstić information content (AvgIpc) is 3.03. The van der Waals surface area contributed by atoms with Gasteiger partial charge in [0, 0.05) is 30.4 Å². The van der Waals surface area contributed by atoms with Gasteiger partial charge in [-0.1, -0.05) is 23.7 Å². The monoisotopic (exact) mass is 328 g/mol. The van der Waals surface area contributed by atoms with Crippen LogP contribution in [0.3, 0.4) is 0 Å². The molecule has 1 saturated heterocycles. The molecule has 0 spiro atoms. The van der Waals surface area contributed by atoms with E-state index in [2.05, 4.69) is 15.0 Å². The van der Waals surface area contributed by atoms with Crippen LogP contribution in [0.2, 0.25) is 5.02 Å². The summed E-state index contributed by atoms with van der Waals surface area (Å²) in [5.41, 5.74) is 0.976. The molecule has 4 rings (SSSR count). The number of hydrogen-bond acceptors (Lipinski definition) is 4. The Hall–Kier alpha value is -2.11. The number of aromatic nitrogens is 3. The van der Waals surface area contributed by atoms with Gasteiger partial charge in [0.2, 0.25) is 0 Å². The number of hydrogen-bond donors (Lipinski definition) is 1. The Morgan fingerprint density at radius 2 is 1.78 bits per heavy atom. The van der Waals surface area contributed by atoms with Crippen molar-refractivity contribution in [2.45, 2.75) is 18.4 Å². The zero-order chi connectivity index (χ0) is 15.9. The minimum absolute atomic E-state index is 0.667. The second kappa shape index (κ2) is 5.51. The maximum atomic E-state index is 10.9. The normalized spacial score (nSPS) is 17.6. The highest BCUT2D eigenvalue weighted by atomic mass is 35.5. The Labute approximate surface area is 139 Å². The van der Waals surface area contributed by atoms with Crippen molar-refractivity contribution in [3.05, 3.63) is 59.4 Å². The largest absolute Gasteiger partial charge is 0.385 e. The summed E-state index contributed by atoms with van der Waals surface area (Å²) in [4.78, 5) is 6.82. The van der Waals surface area contributed by atoms with Gasteiger partial charge in [-0.05, 0) is 36.6 Å². The van der Waals surface area contributed by atoms with Crippen molar-refractivity contribution in [3.63, 3.8) is 0 Å². The number of fused-ring (bicyclic) bond motifs is 1. The molecule has 1 aromatic carbocycles. The van der Waals surface area contributed by atoms with Crippen molar-refractivity contribution in [2.75, 3.05) is 18.0 Å². The summed E-state index contributed by atoms with van der Waals surface area (Å²) in [6.45, 7) is 1.52. The smallest absolute Gasteiger partial charge is 0.157 e. The molecule has 1 N–H and O–H groups in total. The second-order valence-electron chi connectivity index (χ2n) is 5.95. The summed E-state index contributed by atoms with van der Waals surface area (Å²) < 4.78 is 1.75. The van der Waals surface area contributed by atoms with E-state index < -0.39 is 5.60 Å². The fourth-order valence-corrected chi connectivity index (χ4v) is 3.26. The van der Waals surface area contributed by atoms with Crippen LogP contribution >= 0.6 is 11.6 Å². The van der Waals surface area contributed by atoms with Crippen molar-refractivity contribution in [1.29, 1.82) is 0 Å². The molecular weight excluding hydrogens is 312 g/mol. The van der Waals surface area contributed by atoms with E-state index in [9.17, 15) is 5.11 Å². The van der Waals surface area contributed by atoms with Gasteiger partial charge >= 0.3 is 0 Å². The topological polar surface area (TPSA) is 53.7 Å². The molecule has 0 radical (unpaired) electrons. The lowest BCUT2D eigenvalue weighted by Crippen LogP contribution is -2.43. The van der Waals surface area contributed by atoms with E-state index in [1.807, 2.05) is 42.6 Å². The van der Waals surface area contributed by atoms with Crippen LogP contribution in [0, 0.1) is 0 Å². The first-order valence-corrected chi connectivity index (χ1v) is 8.06. The van der Waals surface area contributed by atoms with E-state index in [1.165, 1.54) is 0 Å². The molecule has 0 atom stereocenters. The molecular formula is C17H17ClN4O. The standard InChI is InChI=1S/C17H17ClN4O/c18-14-3-1-13(2-4-14)17(23)7-11-21(12-8-17)15-6-10-22-16(20-15)5-9-19-22/h1-6,9-10,23H,7-8,11-12H2. The van der Waals surface area contributed by atoms with Gasteiger partial charge in [-0.3, -0.25) is 0 Å². The molecule has 0 amide bonds. The Morgan fingerprint density at radius 1 is 1.04 bits per heavy atom. The Kier molecular flexibility index (Phi) is 3.47. The SMILES string of the molecule is OC1(c2ccc(Cl)cc2)CCN(c2ccn3nccc3n2)CC1. The first-order chi connectivity index (χ1) is 11.1. The van der Waals surface area contributed by atoms with E-state index in [4.69, 9.17) is 11.6 Å². The minimum atomic E-state index is -0.790. The molecule has 23 heavy (non-hydrogen) atoms. The van der Waals surface area contributed by atoms with Gasteiger partial charge in [-0.15, -0.1) is 0 Å². The molecule has 0 saturated carbocycles. The zero-order valence-corrected chi connectivity index (χ0v) is 13.3. The molecule has 1 aliphatic heterocycles. The van der Waals surface area contributed by atoms with Gasteiger partial charge in [0.05, 0.1) is 11.8 Å². The van der Waals surface area contributed by atoms with Crippen LogP contribution in [0.25, 0.3) is 5.65 Å². The predicted molar refractivity (Wildman–Crippen MR) is 89.8 cm³/mol. The number of anilines is 1. The summed E-state index contributed by atoms with van der Waals surface area (Å²) >= 11 is 5.93. The lowest BCUT2D eigenvalue weighted by atomic mass is 9.84. The van der Waals surface area contributed by atoms with E-state index in [-0.39, 0.29) is 0 Å². The van der Waals surface area contributed by atoms with Crippen molar-refractivity contribution in [3.8, 4) is 0 Å². The average molecular weight is 329 g/mol. The lowest BCUT2D eigenvalue weighted by molar-refractivity contribution is 0.0117. The van der Waals surface area contributed by atoms with Crippen LogP contribution in [0.1, 0.15) is 18.4 Å². The van der Waals surface area contributed by atoms with Crippen molar-refractivity contribution in [1.82, 2.24) is 14.6 Å². The maximum absolute atomic E-state index is 10.9. The highest BCUT2D eigenvalue weighted by Crippen LogP contribution is 2.34. The quantitative estimate of drug-likeness (QED) is 0.786. The fourth-order valence-electron chi connectivity index (χ4n) is 3.13. The lowest BCUT2D eigenvalue weighted by Gasteiger charge is -2.39. The van der Waals surface area contributed by atoms with Crippen LogP contribution < -0.4 is 4.90 Å². The molecule has 2 aromatic heterocycles. The molecule has 1 fully saturated rings. The first kappa shape index (κ1) is 14.5. The summed E-state index contributed by atoms with van der Waals surface area (Å²) in [6, 6.07) is 11.3. The third kappa shape index (κ3) is 2.66. The summed E-state index contributed by atoms with van der Waals surface area (Å²) in [7, 11) is 0. The van der Waals surface area contributed by atoms with Crippen molar-refractivity contribution in [2.24, 2.45) is 0 Å². The molecule has 3 aromatic rings. The van der Waals surface area contributed by atoms with Crippen molar-refractivity contribution < 1.29 is 5.11 Å². The number of piperidine rings is 1. The Morgan fingerprint density at radius 3 is 2.52 bits per heavy atom. The third-order valence-corrected chi connectivity index (χ3v) is 4.79. The second-order valence-corrected chi connectivity index (χ2v) is 6.38. The molecule has 5 nitrogen and oxygen atoms in total. The van der Waals surface area contributed by atoms with E-state index in [1.54, 1.807) is 10.7 Å². The first-order valence-electron chi connectivity index (χ1n) is 7.68. The minimum Gasteiger partial charge on any atom is -0.385 e. The van der Waals surface area contributed by atoms with Gasteiger partial charge in [0.15, 0.2) is 5.65 Å². The molecule has 0 aliphatic carbocycles. The molecule has 6 heteroatoms. The molecule has 3 heterocycles. The number of nitrogens with zero attached hydrogens (tertiary/aromatic N) is 4. The predicted octanol–water partition coefficient (Wildman–Crippen LogP) is 2.87. The fraction of sp³-hybridized carbons (Fsp3) is 0.294.